The molecule has 1 aromatic rings. The summed E-state index contributed by atoms with van der Waals surface area (Å²) in [7, 11) is 0. The number of aliphatic hydroxyl groups excluding tert-OH is 1. The fourth-order valence-corrected chi connectivity index (χ4v) is 1.70. The van der Waals surface area contributed by atoms with Gasteiger partial charge in [-0.2, -0.15) is 13.2 Å². The molecular formula is C14H17F3O. The van der Waals surface area contributed by atoms with Gasteiger partial charge in [0.05, 0.1) is 11.7 Å². The van der Waals surface area contributed by atoms with Crippen LogP contribution in [0.15, 0.2) is 36.4 Å². The van der Waals surface area contributed by atoms with Gasteiger partial charge in [-0.05, 0) is 30.9 Å². The van der Waals surface area contributed by atoms with E-state index in [0.717, 1.165) is 24.1 Å². The Kier molecular flexibility index (Phi) is 4.96. The van der Waals surface area contributed by atoms with Crippen LogP contribution < -0.4 is 0 Å². The molecule has 100 valence electrons. The molecule has 0 heterocycles. The minimum Gasteiger partial charge on any atom is -0.392 e. The highest BCUT2D eigenvalue weighted by Gasteiger charge is 2.30. The van der Waals surface area contributed by atoms with Crippen LogP contribution in [0.4, 0.5) is 13.2 Å². The SMILES string of the molecule is C=C(CC)CC(O)Cc1cccc(C(F)(F)F)c1. The molecule has 1 rings (SSSR count). The Morgan fingerprint density at radius 3 is 2.61 bits per heavy atom. The van der Waals surface area contributed by atoms with Crippen LogP contribution in [0, 0.1) is 0 Å². The van der Waals surface area contributed by atoms with Crippen molar-refractivity contribution >= 4 is 0 Å². The molecule has 0 aliphatic rings. The van der Waals surface area contributed by atoms with Gasteiger partial charge < -0.3 is 5.11 Å². The smallest absolute Gasteiger partial charge is 0.392 e. The first-order valence-electron chi connectivity index (χ1n) is 5.83. The average molecular weight is 258 g/mol. The molecule has 0 saturated carbocycles. The quantitative estimate of drug-likeness (QED) is 0.792. The van der Waals surface area contributed by atoms with Crippen molar-refractivity contribution in [3.8, 4) is 0 Å². The summed E-state index contributed by atoms with van der Waals surface area (Å²) in [4.78, 5) is 0. The second-order valence-corrected chi connectivity index (χ2v) is 4.36. The summed E-state index contributed by atoms with van der Waals surface area (Å²) in [5, 5.41) is 9.76. The van der Waals surface area contributed by atoms with E-state index in [1.54, 1.807) is 6.07 Å². The van der Waals surface area contributed by atoms with Gasteiger partial charge in [0.25, 0.3) is 0 Å². The predicted octanol–water partition coefficient (Wildman–Crippen LogP) is 3.97. The highest BCUT2D eigenvalue weighted by Crippen LogP contribution is 2.29. The summed E-state index contributed by atoms with van der Waals surface area (Å²) in [6.07, 6.45) is -3.62. The molecule has 18 heavy (non-hydrogen) atoms. The predicted molar refractivity (Wildman–Crippen MR) is 65.2 cm³/mol. The van der Waals surface area contributed by atoms with Crippen molar-refractivity contribution in [2.75, 3.05) is 0 Å². The maximum absolute atomic E-state index is 12.5. The minimum absolute atomic E-state index is 0.211. The normalized spacial score (nSPS) is 13.4. The third kappa shape index (κ3) is 4.53. The van der Waals surface area contributed by atoms with Crippen molar-refractivity contribution in [2.45, 2.75) is 38.5 Å². The van der Waals surface area contributed by atoms with Gasteiger partial charge in [0.1, 0.15) is 0 Å². The van der Waals surface area contributed by atoms with Gasteiger partial charge in [0.15, 0.2) is 0 Å². The zero-order valence-corrected chi connectivity index (χ0v) is 10.3. The van der Waals surface area contributed by atoms with Crippen LogP contribution in [0.25, 0.3) is 0 Å². The van der Waals surface area contributed by atoms with Crippen molar-refractivity contribution in [2.24, 2.45) is 0 Å². The second kappa shape index (κ2) is 6.05. The van der Waals surface area contributed by atoms with Crippen LogP contribution in [0.3, 0.4) is 0 Å². The molecule has 0 radical (unpaired) electrons. The van der Waals surface area contributed by atoms with Gasteiger partial charge in [0, 0.05) is 0 Å². The van der Waals surface area contributed by atoms with Crippen LogP contribution >= 0.6 is 0 Å². The van der Waals surface area contributed by atoms with Crippen molar-refractivity contribution in [3.63, 3.8) is 0 Å². The van der Waals surface area contributed by atoms with Crippen LogP contribution in [0.5, 0.6) is 0 Å². The molecule has 0 bridgehead atoms. The number of hydrogen-bond donors (Lipinski definition) is 1. The first-order chi connectivity index (χ1) is 8.32. The van der Waals surface area contributed by atoms with Crippen molar-refractivity contribution in [1.82, 2.24) is 0 Å². The van der Waals surface area contributed by atoms with Crippen molar-refractivity contribution < 1.29 is 18.3 Å². The first-order valence-corrected chi connectivity index (χ1v) is 5.83. The molecule has 0 amide bonds. The number of hydrogen-bond acceptors (Lipinski definition) is 1. The van der Waals surface area contributed by atoms with E-state index in [-0.39, 0.29) is 6.42 Å². The van der Waals surface area contributed by atoms with Crippen molar-refractivity contribution in [1.29, 1.82) is 0 Å². The zero-order chi connectivity index (χ0) is 13.8. The third-order valence-electron chi connectivity index (χ3n) is 2.75. The fourth-order valence-electron chi connectivity index (χ4n) is 1.70. The molecule has 0 aliphatic carbocycles. The lowest BCUT2D eigenvalue weighted by Crippen LogP contribution is -2.12. The molecule has 0 spiro atoms. The molecule has 0 fully saturated rings. The topological polar surface area (TPSA) is 20.2 Å². The lowest BCUT2D eigenvalue weighted by molar-refractivity contribution is -0.137. The first kappa shape index (κ1) is 14.8. The number of rotatable bonds is 5. The molecular weight excluding hydrogens is 241 g/mol. The highest BCUT2D eigenvalue weighted by atomic mass is 19.4. The van der Waals surface area contributed by atoms with Gasteiger partial charge >= 0.3 is 6.18 Å². The fraction of sp³-hybridized carbons (Fsp3) is 0.429. The van der Waals surface area contributed by atoms with E-state index in [4.69, 9.17) is 0 Å². The minimum atomic E-state index is -4.34. The summed E-state index contributed by atoms with van der Waals surface area (Å²) < 4.78 is 37.5. The monoisotopic (exact) mass is 258 g/mol. The summed E-state index contributed by atoms with van der Waals surface area (Å²) in [6, 6.07) is 5.06. The molecule has 1 nitrogen and oxygen atoms in total. The Bertz CT molecular complexity index is 410. The van der Waals surface area contributed by atoms with Gasteiger partial charge in [-0.15, -0.1) is 0 Å². The maximum Gasteiger partial charge on any atom is 0.416 e. The Morgan fingerprint density at radius 2 is 2.06 bits per heavy atom. The maximum atomic E-state index is 12.5. The number of benzene rings is 1. The van der Waals surface area contributed by atoms with Gasteiger partial charge in [-0.1, -0.05) is 37.3 Å². The lowest BCUT2D eigenvalue weighted by Gasteiger charge is -2.13. The molecule has 1 unspecified atom stereocenters. The third-order valence-corrected chi connectivity index (χ3v) is 2.75. The van der Waals surface area contributed by atoms with E-state index in [2.05, 4.69) is 6.58 Å². The molecule has 1 aromatic carbocycles. The van der Waals surface area contributed by atoms with Gasteiger partial charge in [0.2, 0.25) is 0 Å². The Labute approximate surface area is 105 Å². The molecule has 0 aliphatic heterocycles. The molecule has 4 heteroatoms. The number of halogens is 3. The Morgan fingerprint density at radius 1 is 1.39 bits per heavy atom. The summed E-state index contributed by atoms with van der Waals surface area (Å²) in [6.45, 7) is 5.70. The van der Waals surface area contributed by atoms with Crippen LogP contribution in [0.1, 0.15) is 30.9 Å². The van der Waals surface area contributed by atoms with Crippen LogP contribution in [-0.4, -0.2) is 11.2 Å². The summed E-state index contributed by atoms with van der Waals surface area (Å²) >= 11 is 0. The zero-order valence-electron chi connectivity index (χ0n) is 10.3. The molecule has 0 saturated heterocycles. The average Bonchev–Trinajstić information content (AvgIpc) is 2.27. The van der Waals surface area contributed by atoms with Crippen molar-refractivity contribution in [3.05, 3.63) is 47.5 Å². The standard InChI is InChI=1S/C14H17F3O/c1-3-10(2)7-13(18)9-11-5-4-6-12(8-11)14(15,16)17/h4-6,8,13,18H,2-3,7,9H2,1H3. The van der Waals surface area contributed by atoms with E-state index in [1.165, 1.54) is 6.07 Å². The second-order valence-electron chi connectivity index (χ2n) is 4.36. The number of alkyl halides is 3. The van der Waals surface area contributed by atoms with E-state index in [0.29, 0.717) is 12.0 Å². The van der Waals surface area contributed by atoms with Crippen LogP contribution in [0.2, 0.25) is 0 Å². The van der Waals surface area contributed by atoms with Gasteiger partial charge in [-0.25, -0.2) is 0 Å². The largest absolute Gasteiger partial charge is 0.416 e. The molecule has 0 aromatic heterocycles. The van der Waals surface area contributed by atoms with E-state index >= 15 is 0 Å². The Hall–Kier alpha value is -1.29. The Balaban J connectivity index is 2.71. The van der Waals surface area contributed by atoms with E-state index in [9.17, 15) is 18.3 Å². The summed E-state index contributed by atoms with van der Waals surface area (Å²) in [5.74, 6) is 0. The molecule has 1 N–H and O–H groups in total. The number of aliphatic hydroxyl groups is 1. The van der Waals surface area contributed by atoms with E-state index in [1.807, 2.05) is 6.92 Å². The van der Waals surface area contributed by atoms with Crippen LogP contribution in [-0.2, 0) is 12.6 Å². The highest BCUT2D eigenvalue weighted by molar-refractivity contribution is 5.26. The molecule has 1 atom stereocenters. The van der Waals surface area contributed by atoms with E-state index < -0.39 is 17.8 Å². The lowest BCUT2D eigenvalue weighted by atomic mass is 9.99. The van der Waals surface area contributed by atoms with Gasteiger partial charge in [-0.3, -0.25) is 0 Å². The summed E-state index contributed by atoms with van der Waals surface area (Å²) in [5.41, 5.74) is 0.706.